The van der Waals surface area contributed by atoms with Gasteiger partial charge in [0.2, 0.25) is 0 Å². The molecule has 0 bridgehead atoms. The number of nitrogens with zero attached hydrogens (tertiary/aromatic N) is 2. The molecule has 1 amide bonds. The number of hydrogen-bond donors (Lipinski definition) is 1. The summed E-state index contributed by atoms with van der Waals surface area (Å²) >= 11 is 7.43. The summed E-state index contributed by atoms with van der Waals surface area (Å²) in [6.45, 7) is 4.05. The number of rotatable bonds is 4. The van der Waals surface area contributed by atoms with E-state index in [1.807, 2.05) is 49.6 Å². The number of aryl methyl sites for hydroxylation is 1. The van der Waals surface area contributed by atoms with E-state index in [9.17, 15) is 4.79 Å². The molecular weight excluding hydrogens is 342 g/mol. The number of amides is 1. The van der Waals surface area contributed by atoms with Crippen molar-refractivity contribution in [2.45, 2.75) is 13.8 Å². The van der Waals surface area contributed by atoms with Crippen molar-refractivity contribution in [1.29, 1.82) is 0 Å². The van der Waals surface area contributed by atoms with E-state index in [4.69, 9.17) is 11.6 Å². The van der Waals surface area contributed by atoms with Gasteiger partial charge >= 0.3 is 0 Å². The van der Waals surface area contributed by atoms with Gasteiger partial charge in [-0.15, -0.1) is 0 Å². The molecule has 6 heteroatoms. The molecule has 0 saturated heterocycles. The average Bonchev–Trinajstić information content (AvgIpc) is 3.18. The van der Waals surface area contributed by atoms with Gasteiger partial charge in [-0.3, -0.25) is 4.79 Å². The number of aromatic nitrogens is 1. The standard InChI is InChI=1S/C18H16ClN3OS/c1-12-9-15(10-20-21-18(23)14-7-8-24-11-14)13(2)22(12)17-5-3-16(19)4-6-17/h3-11H,1-2H3,(H,21,23)/b20-10+. The first-order chi connectivity index (χ1) is 11.6. The minimum Gasteiger partial charge on any atom is -0.318 e. The maximum absolute atomic E-state index is 11.9. The first-order valence-electron chi connectivity index (χ1n) is 7.37. The Bertz CT molecular complexity index is 880. The Morgan fingerprint density at radius 1 is 1.25 bits per heavy atom. The Hall–Kier alpha value is -2.37. The van der Waals surface area contributed by atoms with E-state index >= 15 is 0 Å². The SMILES string of the molecule is Cc1cc(/C=N/NC(=O)c2ccsc2)c(C)n1-c1ccc(Cl)cc1. The van der Waals surface area contributed by atoms with Gasteiger partial charge in [-0.2, -0.15) is 16.4 Å². The molecule has 0 unspecified atom stereocenters. The molecule has 0 aliphatic carbocycles. The molecule has 0 fully saturated rings. The average molecular weight is 358 g/mol. The van der Waals surface area contributed by atoms with Crippen LogP contribution in [0.1, 0.15) is 27.3 Å². The lowest BCUT2D eigenvalue weighted by molar-refractivity contribution is 0.0955. The zero-order valence-electron chi connectivity index (χ0n) is 13.3. The van der Waals surface area contributed by atoms with Gasteiger partial charge in [-0.05, 0) is 55.6 Å². The van der Waals surface area contributed by atoms with E-state index in [1.54, 1.807) is 17.7 Å². The summed E-state index contributed by atoms with van der Waals surface area (Å²) in [4.78, 5) is 11.9. The van der Waals surface area contributed by atoms with Gasteiger partial charge in [-0.1, -0.05) is 11.6 Å². The second-order valence-electron chi connectivity index (χ2n) is 5.35. The monoisotopic (exact) mass is 357 g/mol. The number of nitrogens with one attached hydrogen (secondary N) is 1. The summed E-state index contributed by atoms with van der Waals surface area (Å²) in [5.74, 6) is -0.209. The van der Waals surface area contributed by atoms with E-state index in [-0.39, 0.29) is 5.91 Å². The molecular formula is C18H16ClN3OS. The molecule has 0 aliphatic heterocycles. The van der Waals surface area contributed by atoms with Crippen molar-refractivity contribution in [2.24, 2.45) is 5.10 Å². The summed E-state index contributed by atoms with van der Waals surface area (Å²) in [7, 11) is 0. The van der Waals surface area contributed by atoms with Crippen LogP contribution in [0, 0.1) is 13.8 Å². The fourth-order valence-electron chi connectivity index (χ4n) is 2.52. The summed E-state index contributed by atoms with van der Waals surface area (Å²) in [5, 5.41) is 8.42. The van der Waals surface area contributed by atoms with Crippen LogP contribution in [0.15, 0.2) is 52.3 Å². The molecule has 3 rings (SSSR count). The van der Waals surface area contributed by atoms with E-state index in [0.29, 0.717) is 10.6 Å². The first kappa shape index (κ1) is 16.5. The van der Waals surface area contributed by atoms with Crippen molar-refractivity contribution in [1.82, 2.24) is 9.99 Å². The van der Waals surface area contributed by atoms with Gasteiger partial charge in [0.05, 0.1) is 11.8 Å². The highest BCUT2D eigenvalue weighted by atomic mass is 35.5. The van der Waals surface area contributed by atoms with Gasteiger partial charge in [0, 0.05) is 33.0 Å². The van der Waals surface area contributed by atoms with Gasteiger partial charge in [0.1, 0.15) is 0 Å². The lowest BCUT2D eigenvalue weighted by Gasteiger charge is -2.09. The third-order valence-electron chi connectivity index (χ3n) is 3.71. The number of thiophene rings is 1. The molecule has 4 nitrogen and oxygen atoms in total. The zero-order valence-corrected chi connectivity index (χ0v) is 14.9. The minimum absolute atomic E-state index is 0.209. The van der Waals surface area contributed by atoms with Gasteiger partial charge in [0.25, 0.3) is 5.91 Å². The molecule has 0 spiro atoms. The number of hydrazone groups is 1. The predicted octanol–water partition coefficient (Wildman–Crippen LogP) is 4.57. The molecule has 1 N–H and O–H groups in total. The summed E-state index contributed by atoms with van der Waals surface area (Å²) in [6, 6.07) is 11.5. The van der Waals surface area contributed by atoms with Crippen molar-refractivity contribution in [3.8, 4) is 5.69 Å². The smallest absolute Gasteiger partial charge is 0.272 e. The predicted molar refractivity (Wildman–Crippen MR) is 99.6 cm³/mol. The largest absolute Gasteiger partial charge is 0.318 e. The molecule has 0 radical (unpaired) electrons. The highest BCUT2D eigenvalue weighted by Gasteiger charge is 2.09. The van der Waals surface area contributed by atoms with Crippen molar-refractivity contribution in [3.05, 3.63) is 74.7 Å². The minimum atomic E-state index is -0.209. The van der Waals surface area contributed by atoms with Gasteiger partial charge < -0.3 is 4.57 Å². The van der Waals surface area contributed by atoms with Crippen LogP contribution in [0.4, 0.5) is 0 Å². The molecule has 0 saturated carbocycles. The van der Waals surface area contributed by atoms with Gasteiger partial charge in [0.15, 0.2) is 0 Å². The van der Waals surface area contributed by atoms with Crippen LogP contribution in [0.3, 0.4) is 0 Å². The van der Waals surface area contributed by atoms with Crippen LogP contribution in [0.5, 0.6) is 0 Å². The Labute approximate surface area is 149 Å². The lowest BCUT2D eigenvalue weighted by Crippen LogP contribution is -2.16. The number of halogens is 1. The third-order valence-corrected chi connectivity index (χ3v) is 4.64. The molecule has 24 heavy (non-hydrogen) atoms. The second kappa shape index (κ2) is 7.03. The number of carbonyl (C=O) groups is 1. The maximum Gasteiger partial charge on any atom is 0.272 e. The van der Waals surface area contributed by atoms with E-state index in [2.05, 4.69) is 15.1 Å². The Kier molecular flexibility index (Phi) is 4.83. The quantitative estimate of drug-likeness (QED) is 0.539. The molecule has 2 heterocycles. The lowest BCUT2D eigenvalue weighted by atomic mass is 10.2. The highest BCUT2D eigenvalue weighted by molar-refractivity contribution is 7.08. The van der Waals surface area contributed by atoms with E-state index < -0.39 is 0 Å². The van der Waals surface area contributed by atoms with Gasteiger partial charge in [-0.25, -0.2) is 5.43 Å². The van der Waals surface area contributed by atoms with Crippen LogP contribution in [0.25, 0.3) is 5.69 Å². The summed E-state index contributed by atoms with van der Waals surface area (Å²) in [5.41, 5.74) is 7.28. The number of hydrogen-bond acceptors (Lipinski definition) is 3. The molecule has 122 valence electrons. The van der Waals surface area contributed by atoms with Crippen LogP contribution < -0.4 is 5.43 Å². The van der Waals surface area contributed by atoms with Crippen LogP contribution in [0.2, 0.25) is 5.02 Å². The molecule has 0 atom stereocenters. The molecule has 1 aromatic carbocycles. The van der Waals surface area contributed by atoms with Crippen LogP contribution in [-0.4, -0.2) is 16.7 Å². The first-order valence-corrected chi connectivity index (χ1v) is 8.69. The van der Waals surface area contributed by atoms with E-state index in [1.165, 1.54) is 11.3 Å². The van der Waals surface area contributed by atoms with Crippen LogP contribution >= 0.6 is 22.9 Å². The van der Waals surface area contributed by atoms with Crippen molar-refractivity contribution in [3.63, 3.8) is 0 Å². The molecule has 3 aromatic rings. The maximum atomic E-state index is 11.9. The Balaban J connectivity index is 1.80. The third kappa shape index (κ3) is 3.42. The van der Waals surface area contributed by atoms with Crippen molar-refractivity contribution < 1.29 is 4.79 Å². The Morgan fingerprint density at radius 3 is 2.67 bits per heavy atom. The normalized spacial score (nSPS) is 11.1. The summed E-state index contributed by atoms with van der Waals surface area (Å²) < 4.78 is 2.12. The number of benzene rings is 1. The van der Waals surface area contributed by atoms with Crippen LogP contribution in [-0.2, 0) is 0 Å². The molecule has 0 aliphatic rings. The fraction of sp³-hybridized carbons (Fsp3) is 0.111. The molecule has 2 aromatic heterocycles. The highest BCUT2D eigenvalue weighted by Crippen LogP contribution is 2.21. The van der Waals surface area contributed by atoms with E-state index in [0.717, 1.165) is 22.6 Å². The second-order valence-corrected chi connectivity index (χ2v) is 6.57. The Morgan fingerprint density at radius 2 is 2.00 bits per heavy atom. The van der Waals surface area contributed by atoms with Crippen molar-refractivity contribution >= 4 is 35.1 Å². The zero-order chi connectivity index (χ0) is 17.1. The fourth-order valence-corrected chi connectivity index (χ4v) is 3.29. The number of carbonyl (C=O) groups excluding carboxylic acids is 1. The topological polar surface area (TPSA) is 46.4 Å². The summed E-state index contributed by atoms with van der Waals surface area (Å²) in [6.07, 6.45) is 1.67. The van der Waals surface area contributed by atoms with Crippen molar-refractivity contribution in [2.75, 3.05) is 0 Å².